The molecule has 0 bridgehead atoms. The van der Waals surface area contributed by atoms with E-state index in [0.29, 0.717) is 5.92 Å². The Morgan fingerprint density at radius 1 is 1.29 bits per heavy atom. The van der Waals surface area contributed by atoms with E-state index in [1.165, 1.54) is 11.1 Å². The highest BCUT2D eigenvalue weighted by molar-refractivity contribution is 5.67. The SMILES string of the molecule is Cc1ccc(CC(C)(CC(=O)O)C(C)C)cc1. The molecule has 0 saturated carbocycles. The van der Waals surface area contributed by atoms with Crippen LogP contribution in [0.1, 0.15) is 38.3 Å². The molecule has 0 fully saturated rings. The third kappa shape index (κ3) is 3.88. The minimum absolute atomic E-state index is 0.179. The Bertz CT molecular complexity index is 378. The van der Waals surface area contributed by atoms with Crippen molar-refractivity contribution < 1.29 is 9.90 Å². The number of benzene rings is 1. The van der Waals surface area contributed by atoms with Crippen LogP contribution >= 0.6 is 0 Å². The number of carbonyl (C=O) groups is 1. The summed E-state index contributed by atoms with van der Waals surface area (Å²) in [5, 5.41) is 9.02. The van der Waals surface area contributed by atoms with Crippen molar-refractivity contribution >= 4 is 5.97 Å². The number of hydrogen-bond donors (Lipinski definition) is 1. The van der Waals surface area contributed by atoms with Gasteiger partial charge in [-0.2, -0.15) is 0 Å². The minimum atomic E-state index is -0.715. The average Bonchev–Trinajstić information content (AvgIpc) is 2.20. The molecule has 2 nitrogen and oxygen atoms in total. The molecule has 2 heteroatoms. The molecule has 1 aromatic rings. The molecule has 0 spiro atoms. The lowest BCUT2D eigenvalue weighted by Gasteiger charge is -2.32. The first-order valence-corrected chi connectivity index (χ1v) is 6.11. The van der Waals surface area contributed by atoms with Crippen molar-refractivity contribution in [1.29, 1.82) is 0 Å². The van der Waals surface area contributed by atoms with Gasteiger partial charge < -0.3 is 5.11 Å². The molecule has 0 heterocycles. The third-order valence-electron chi connectivity index (χ3n) is 3.68. The standard InChI is InChI=1S/C15H22O2/c1-11(2)15(4,10-14(16)17)9-13-7-5-12(3)6-8-13/h5-8,11H,9-10H2,1-4H3,(H,16,17). The van der Waals surface area contributed by atoms with E-state index in [0.717, 1.165) is 6.42 Å². The number of aliphatic carboxylic acids is 1. The van der Waals surface area contributed by atoms with E-state index in [-0.39, 0.29) is 11.8 Å². The molecule has 0 amide bonds. The van der Waals surface area contributed by atoms with Crippen LogP contribution in [0.4, 0.5) is 0 Å². The summed E-state index contributed by atoms with van der Waals surface area (Å²) < 4.78 is 0. The molecule has 1 atom stereocenters. The monoisotopic (exact) mass is 234 g/mol. The van der Waals surface area contributed by atoms with Gasteiger partial charge in [-0.25, -0.2) is 0 Å². The number of carboxylic acid groups (broad SMARTS) is 1. The van der Waals surface area contributed by atoms with Gasteiger partial charge in [-0.05, 0) is 30.2 Å². The average molecular weight is 234 g/mol. The fourth-order valence-electron chi connectivity index (χ4n) is 1.99. The highest BCUT2D eigenvalue weighted by Gasteiger charge is 2.31. The van der Waals surface area contributed by atoms with Crippen LogP contribution in [-0.4, -0.2) is 11.1 Å². The van der Waals surface area contributed by atoms with Gasteiger partial charge in [-0.1, -0.05) is 50.6 Å². The smallest absolute Gasteiger partial charge is 0.303 e. The van der Waals surface area contributed by atoms with Crippen molar-refractivity contribution in [3.63, 3.8) is 0 Å². The highest BCUT2D eigenvalue weighted by Crippen LogP contribution is 2.35. The Balaban J connectivity index is 2.86. The van der Waals surface area contributed by atoms with Crippen molar-refractivity contribution in [3.8, 4) is 0 Å². The first-order chi connectivity index (χ1) is 7.83. The zero-order valence-corrected chi connectivity index (χ0v) is 11.2. The molecule has 0 aliphatic carbocycles. The van der Waals surface area contributed by atoms with Crippen molar-refractivity contribution in [2.45, 2.75) is 40.5 Å². The second kappa shape index (κ2) is 5.35. The van der Waals surface area contributed by atoms with E-state index in [2.05, 4.69) is 52.0 Å². The molecule has 0 aliphatic heterocycles. The zero-order valence-electron chi connectivity index (χ0n) is 11.2. The molecule has 1 rings (SSSR count). The summed E-state index contributed by atoms with van der Waals surface area (Å²) in [6.45, 7) is 8.31. The molecule has 0 saturated heterocycles. The summed E-state index contributed by atoms with van der Waals surface area (Å²) in [5.41, 5.74) is 2.27. The van der Waals surface area contributed by atoms with E-state index in [1.807, 2.05) is 0 Å². The van der Waals surface area contributed by atoms with Gasteiger partial charge in [0.15, 0.2) is 0 Å². The number of carboxylic acids is 1. The van der Waals surface area contributed by atoms with Gasteiger partial charge in [0.2, 0.25) is 0 Å². The summed E-state index contributed by atoms with van der Waals surface area (Å²) in [6, 6.07) is 8.35. The van der Waals surface area contributed by atoms with Crippen LogP contribution in [0.3, 0.4) is 0 Å². The molecule has 0 radical (unpaired) electrons. The summed E-state index contributed by atoms with van der Waals surface area (Å²) in [5.74, 6) is -0.367. The van der Waals surface area contributed by atoms with Gasteiger partial charge in [-0.15, -0.1) is 0 Å². The lowest BCUT2D eigenvalue weighted by molar-refractivity contribution is -0.140. The van der Waals surface area contributed by atoms with E-state index in [1.54, 1.807) is 0 Å². The van der Waals surface area contributed by atoms with E-state index >= 15 is 0 Å². The summed E-state index contributed by atoms with van der Waals surface area (Å²) in [7, 11) is 0. The molecule has 1 aromatic carbocycles. The van der Waals surface area contributed by atoms with Crippen molar-refractivity contribution in [2.24, 2.45) is 11.3 Å². The van der Waals surface area contributed by atoms with Crippen LogP contribution in [0.15, 0.2) is 24.3 Å². The Labute approximate surface area is 104 Å². The van der Waals surface area contributed by atoms with Gasteiger partial charge >= 0.3 is 5.97 Å². The molecular weight excluding hydrogens is 212 g/mol. The van der Waals surface area contributed by atoms with E-state index in [4.69, 9.17) is 5.11 Å². The van der Waals surface area contributed by atoms with Crippen LogP contribution in [0, 0.1) is 18.3 Å². The summed E-state index contributed by atoms with van der Waals surface area (Å²) in [4.78, 5) is 11.0. The normalized spacial score (nSPS) is 14.6. The van der Waals surface area contributed by atoms with E-state index < -0.39 is 5.97 Å². The second-order valence-corrected chi connectivity index (χ2v) is 5.54. The topological polar surface area (TPSA) is 37.3 Å². The second-order valence-electron chi connectivity index (χ2n) is 5.54. The van der Waals surface area contributed by atoms with Crippen LogP contribution in [-0.2, 0) is 11.2 Å². The summed E-state index contributed by atoms with van der Waals surface area (Å²) in [6.07, 6.45) is 1.04. The Morgan fingerprint density at radius 3 is 2.24 bits per heavy atom. The Hall–Kier alpha value is -1.31. The minimum Gasteiger partial charge on any atom is -0.481 e. The maximum absolute atomic E-state index is 11.0. The molecule has 1 N–H and O–H groups in total. The lowest BCUT2D eigenvalue weighted by Crippen LogP contribution is -2.29. The molecule has 0 aromatic heterocycles. The van der Waals surface area contributed by atoms with Gasteiger partial charge in [0, 0.05) is 0 Å². The molecular formula is C15H22O2. The Morgan fingerprint density at radius 2 is 1.82 bits per heavy atom. The van der Waals surface area contributed by atoms with Crippen molar-refractivity contribution in [3.05, 3.63) is 35.4 Å². The van der Waals surface area contributed by atoms with Gasteiger partial charge in [0.1, 0.15) is 0 Å². The maximum atomic E-state index is 11.0. The first-order valence-electron chi connectivity index (χ1n) is 6.11. The number of aryl methyl sites for hydroxylation is 1. The van der Waals surface area contributed by atoms with Crippen LogP contribution < -0.4 is 0 Å². The predicted molar refractivity (Wildman–Crippen MR) is 70.1 cm³/mol. The fraction of sp³-hybridized carbons (Fsp3) is 0.533. The van der Waals surface area contributed by atoms with Crippen molar-refractivity contribution in [1.82, 2.24) is 0 Å². The molecule has 17 heavy (non-hydrogen) atoms. The van der Waals surface area contributed by atoms with Gasteiger partial charge in [0.05, 0.1) is 6.42 Å². The largest absolute Gasteiger partial charge is 0.481 e. The quantitative estimate of drug-likeness (QED) is 0.844. The third-order valence-corrected chi connectivity index (χ3v) is 3.68. The van der Waals surface area contributed by atoms with Crippen LogP contribution in [0.25, 0.3) is 0 Å². The van der Waals surface area contributed by atoms with E-state index in [9.17, 15) is 4.79 Å². The fourth-order valence-corrected chi connectivity index (χ4v) is 1.99. The number of hydrogen-bond acceptors (Lipinski definition) is 1. The molecule has 94 valence electrons. The molecule has 0 aliphatic rings. The maximum Gasteiger partial charge on any atom is 0.303 e. The molecule has 1 unspecified atom stereocenters. The number of rotatable bonds is 5. The zero-order chi connectivity index (χ0) is 13.1. The lowest BCUT2D eigenvalue weighted by atomic mass is 9.72. The predicted octanol–water partition coefficient (Wildman–Crippen LogP) is 3.67. The summed E-state index contributed by atoms with van der Waals surface area (Å²) >= 11 is 0. The van der Waals surface area contributed by atoms with Crippen molar-refractivity contribution in [2.75, 3.05) is 0 Å². The van der Waals surface area contributed by atoms with Gasteiger partial charge in [-0.3, -0.25) is 4.79 Å². The van der Waals surface area contributed by atoms with Crippen LogP contribution in [0.5, 0.6) is 0 Å². The first kappa shape index (κ1) is 13.8. The van der Waals surface area contributed by atoms with Crippen LogP contribution in [0.2, 0.25) is 0 Å². The highest BCUT2D eigenvalue weighted by atomic mass is 16.4. The van der Waals surface area contributed by atoms with Gasteiger partial charge in [0.25, 0.3) is 0 Å². The Kier molecular flexibility index (Phi) is 4.33.